The number of hydrogen-bond acceptors (Lipinski definition) is 4. The number of anilines is 1. The summed E-state index contributed by atoms with van der Waals surface area (Å²) in [6.07, 6.45) is 1.74. The highest BCUT2D eigenvalue weighted by Crippen LogP contribution is 2.29. The van der Waals surface area contributed by atoms with E-state index < -0.39 is 16.4 Å². The molecular weight excluding hydrogens is 237 g/mol. The van der Waals surface area contributed by atoms with Crippen LogP contribution in [-0.4, -0.2) is 23.6 Å². The van der Waals surface area contributed by atoms with E-state index in [1.165, 1.54) is 6.07 Å². The van der Waals surface area contributed by atoms with Gasteiger partial charge in [0, 0.05) is 12.1 Å². The van der Waals surface area contributed by atoms with Crippen molar-refractivity contribution in [2.24, 2.45) is 0 Å². The Morgan fingerprint density at radius 2 is 2.33 bits per heavy atom. The molecule has 0 amide bonds. The predicted molar refractivity (Wildman–Crippen MR) is 67.2 cm³/mol. The van der Waals surface area contributed by atoms with Gasteiger partial charge in [-0.15, -0.1) is 0 Å². The molecule has 1 fully saturated rings. The van der Waals surface area contributed by atoms with Crippen LogP contribution in [0.1, 0.15) is 19.8 Å². The number of piperidine rings is 1. The quantitative estimate of drug-likeness (QED) is 0.640. The third kappa shape index (κ3) is 2.76. The van der Waals surface area contributed by atoms with Crippen LogP contribution in [0.2, 0.25) is 0 Å². The molecule has 1 heterocycles. The molecule has 0 radical (unpaired) electrons. The highest BCUT2D eigenvalue weighted by molar-refractivity contribution is 5.62. The largest absolute Gasteiger partial charge is 0.377 e. The minimum atomic E-state index is -0.799. The standard InChI is InChI=1S/C12H16FN3O2/c1-8-7-9(5-6-14-8)15-11-4-2-3-10(13)12(11)16(17)18/h2-4,8-9,14-15H,5-7H2,1H3. The number of nitrogens with zero attached hydrogens (tertiary/aromatic N) is 1. The first-order chi connectivity index (χ1) is 8.58. The Balaban J connectivity index is 2.18. The maximum atomic E-state index is 13.4. The minimum Gasteiger partial charge on any atom is -0.377 e. The topological polar surface area (TPSA) is 67.2 Å². The molecule has 2 atom stereocenters. The van der Waals surface area contributed by atoms with Crippen LogP contribution in [0.15, 0.2) is 18.2 Å². The summed E-state index contributed by atoms with van der Waals surface area (Å²) >= 11 is 0. The number of hydrogen-bond donors (Lipinski definition) is 2. The number of nitro benzene ring substituents is 1. The van der Waals surface area contributed by atoms with Gasteiger partial charge in [0.05, 0.1) is 4.92 Å². The van der Waals surface area contributed by atoms with E-state index >= 15 is 0 Å². The molecule has 98 valence electrons. The molecule has 0 bridgehead atoms. The molecule has 0 aliphatic carbocycles. The molecule has 2 N–H and O–H groups in total. The van der Waals surface area contributed by atoms with Gasteiger partial charge >= 0.3 is 5.69 Å². The van der Waals surface area contributed by atoms with Crippen molar-refractivity contribution in [2.75, 3.05) is 11.9 Å². The summed E-state index contributed by atoms with van der Waals surface area (Å²) in [7, 11) is 0. The first-order valence-electron chi connectivity index (χ1n) is 6.00. The molecule has 2 rings (SSSR count). The third-order valence-corrected chi connectivity index (χ3v) is 3.15. The second kappa shape index (κ2) is 5.30. The van der Waals surface area contributed by atoms with Gasteiger partial charge in [0.15, 0.2) is 0 Å². The zero-order valence-electron chi connectivity index (χ0n) is 10.1. The summed E-state index contributed by atoms with van der Waals surface area (Å²) in [6.45, 7) is 2.93. The molecule has 1 aliphatic heterocycles. The first kappa shape index (κ1) is 12.8. The molecule has 6 heteroatoms. The number of nitrogens with one attached hydrogen (secondary N) is 2. The summed E-state index contributed by atoms with van der Waals surface area (Å²) in [5, 5.41) is 17.2. The lowest BCUT2D eigenvalue weighted by Gasteiger charge is -2.29. The van der Waals surface area contributed by atoms with E-state index in [0.29, 0.717) is 6.04 Å². The van der Waals surface area contributed by atoms with Gasteiger partial charge in [-0.25, -0.2) is 0 Å². The van der Waals surface area contributed by atoms with Gasteiger partial charge in [-0.05, 0) is 38.4 Å². The maximum Gasteiger partial charge on any atom is 0.327 e. The van der Waals surface area contributed by atoms with Crippen LogP contribution in [-0.2, 0) is 0 Å². The number of halogens is 1. The summed E-state index contributed by atoms with van der Waals surface area (Å²) in [5.74, 6) is -0.799. The van der Waals surface area contributed by atoms with Gasteiger partial charge in [0.25, 0.3) is 0 Å². The van der Waals surface area contributed by atoms with Gasteiger partial charge in [-0.1, -0.05) is 6.07 Å². The molecule has 0 aromatic heterocycles. The fraction of sp³-hybridized carbons (Fsp3) is 0.500. The minimum absolute atomic E-state index is 0.141. The Morgan fingerprint density at radius 3 is 3.00 bits per heavy atom. The highest BCUT2D eigenvalue weighted by Gasteiger charge is 2.24. The second-order valence-electron chi connectivity index (χ2n) is 4.61. The van der Waals surface area contributed by atoms with E-state index in [1.807, 2.05) is 0 Å². The van der Waals surface area contributed by atoms with Crippen molar-refractivity contribution < 1.29 is 9.31 Å². The van der Waals surface area contributed by atoms with Crippen molar-refractivity contribution in [1.82, 2.24) is 5.32 Å². The molecule has 1 aromatic carbocycles. The van der Waals surface area contributed by atoms with E-state index in [2.05, 4.69) is 17.6 Å². The van der Waals surface area contributed by atoms with Gasteiger partial charge in [0.2, 0.25) is 5.82 Å². The average Bonchev–Trinajstić information content (AvgIpc) is 2.28. The lowest BCUT2D eigenvalue weighted by atomic mass is 10.0. The summed E-state index contributed by atoms with van der Waals surface area (Å²) in [6, 6.07) is 4.64. The van der Waals surface area contributed by atoms with E-state index in [-0.39, 0.29) is 11.7 Å². The van der Waals surface area contributed by atoms with Crippen LogP contribution in [0.4, 0.5) is 15.8 Å². The zero-order chi connectivity index (χ0) is 13.1. The van der Waals surface area contributed by atoms with Gasteiger partial charge in [-0.3, -0.25) is 10.1 Å². The van der Waals surface area contributed by atoms with Gasteiger partial charge in [0.1, 0.15) is 5.69 Å². The Hall–Kier alpha value is -1.69. The van der Waals surface area contributed by atoms with Crippen molar-refractivity contribution in [3.05, 3.63) is 34.1 Å². The lowest BCUT2D eigenvalue weighted by molar-refractivity contribution is -0.386. The number of para-hydroxylation sites is 1. The molecule has 2 unspecified atom stereocenters. The molecule has 5 nitrogen and oxygen atoms in total. The zero-order valence-corrected chi connectivity index (χ0v) is 10.1. The molecule has 1 aliphatic rings. The van der Waals surface area contributed by atoms with Crippen LogP contribution >= 0.6 is 0 Å². The molecule has 1 saturated heterocycles. The fourth-order valence-corrected chi connectivity index (χ4v) is 2.30. The number of benzene rings is 1. The number of rotatable bonds is 3. The third-order valence-electron chi connectivity index (χ3n) is 3.15. The smallest absolute Gasteiger partial charge is 0.327 e. The van der Waals surface area contributed by atoms with Crippen LogP contribution in [0, 0.1) is 15.9 Å². The Kier molecular flexibility index (Phi) is 3.76. The lowest BCUT2D eigenvalue weighted by Crippen LogP contribution is -2.41. The average molecular weight is 253 g/mol. The molecular formula is C12H16FN3O2. The molecule has 0 saturated carbocycles. The van der Waals surface area contributed by atoms with Crippen molar-refractivity contribution in [3.63, 3.8) is 0 Å². The monoisotopic (exact) mass is 253 g/mol. The summed E-state index contributed by atoms with van der Waals surface area (Å²) < 4.78 is 13.4. The molecule has 18 heavy (non-hydrogen) atoms. The van der Waals surface area contributed by atoms with Crippen molar-refractivity contribution in [3.8, 4) is 0 Å². The van der Waals surface area contributed by atoms with E-state index in [1.54, 1.807) is 6.07 Å². The van der Waals surface area contributed by atoms with Gasteiger partial charge in [-0.2, -0.15) is 4.39 Å². The molecule has 1 aromatic rings. The predicted octanol–water partition coefficient (Wildman–Crippen LogP) is 2.29. The van der Waals surface area contributed by atoms with Crippen molar-refractivity contribution in [2.45, 2.75) is 31.8 Å². The molecule has 0 spiro atoms. The van der Waals surface area contributed by atoms with Crippen molar-refractivity contribution in [1.29, 1.82) is 0 Å². The summed E-state index contributed by atoms with van der Waals surface area (Å²) in [4.78, 5) is 10.2. The highest BCUT2D eigenvalue weighted by atomic mass is 19.1. The van der Waals surface area contributed by atoms with Crippen LogP contribution < -0.4 is 10.6 Å². The van der Waals surface area contributed by atoms with Crippen LogP contribution in [0.5, 0.6) is 0 Å². The van der Waals surface area contributed by atoms with E-state index in [4.69, 9.17) is 0 Å². The Labute approximate surface area is 105 Å². The normalized spacial score (nSPS) is 23.7. The first-order valence-corrected chi connectivity index (χ1v) is 6.00. The van der Waals surface area contributed by atoms with Crippen molar-refractivity contribution >= 4 is 11.4 Å². The number of nitro groups is 1. The van der Waals surface area contributed by atoms with E-state index in [9.17, 15) is 14.5 Å². The maximum absolute atomic E-state index is 13.4. The van der Waals surface area contributed by atoms with Crippen LogP contribution in [0.3, 0.4) is 0 Å². The SMILES string of the molecule is CC1CC(Nc2cccc(F)c2[N+](=O)[O-])CCN1. The fourth-order valence-electron chi connectivity index (χ4n) is 2.30. The second-order valence-corrected chi connectivity index (χ2v) is 4.61. The summed E-state index contributed by atoms with van der Waals surface area (Å²) in [5.41, 5.74) is -0.206. The Morgan fingerprint density at radius 1 is 1.56 bits per heavy atom. The van der Waals surface area contributed by atoms with Crippen LogP contribution in [0.25, 0.3) is 0 Å². The Bertz CT molecular complexity index is 453. The van der Waals surface area contributed by atoms with Gasteiger partial charge < -0.3 is 10.6 Å². The van der Waals surface area contributed by atoms with E-state index in [0.717, 1.165) is 25.5 Å².